The second kappa shape index (κ2) is 5.30. The number of carbonyl (C=O) groups is 1. The Hall–Kier alpha value is -1.40. The number of halogens is 1. The summed E-state index contributed by atoms with van der Waals surface area (Å²) >= 11 is 7.39. The van der Waals surface area contributed by atoms with E-state index in [-0.39, 0.29) is 5.91 Å². The van der Waals surface area contributed by atoms with E-state index < -0.39 is 5.54 Å². The number of carbonyl (C=O) groups excluding carboxylic acids is 1. The Balaban J connectivity index is 2.02. The normalized spacial score (nSPS) is 11.6. The highest BCUT2D eigenvalue weighted by Crippen LogP contribution is 2.17. The molecule has 2 aromatic heterocycles. The zero-order valence-electron chi connectivity index (χ0n) is 11.0. The van der Waals surface area contributed by atoms with Crippen molar-refractivity contribution in [3.05, 3.63) is 33.5 Å². The van der Waals surface area contributed by atoms with Gasteiger partial charge in [-0.25, -0.2) is 4.98 Å². The molecule has 102 valence electrons. The highest BCUT2D eigenvalue weighted by molar-refractivity contribution is 7.09. The van der Waals surface area contributed by atoms with E-state index >= 15 is 0 Å². The largest absolute Gasteiger partial charge is 0.348 e. The molecule has 0 saturated heterocycles. The average molecular weight is 299 g/mol. The van der Waals surface area contributed by atoms with Crippen LogP contribution >= 0.6 is 22.9 Å². The van der Waals surface area contributed by atoms with Gasteiger partial charge in [-0.3, -0.25) is 9.48 Å². The van der Waals surface area contributed by atoms with Crippen LogP contribution in [-0.4, -0.2) is 20.7 Å². The lowest BCUT2D eigenvalue weighted by Gasteiger charge is -2.23. The van der Waals surface area contributed by atoms with Crippen LogP contribution in [0.5, 0.6) is 0 Å². The molecule has 1 N–H and O–H groups in total. The number of hydrogen-bond acceptors (Lipinski definition) is 4. The monoisotopic (exact) mass is 298 g/mol. The predicted molar refractivity (Wildman–Crippen MR) is 75.3 cm³/mol. The van der Waals surface area contributed by atoms with E-state index in [0.29, 0.717) is 11.6 Å². The Labute approximate surface area is 120 Å². The van der Waals surface area contributed by atoms with Crippen LogP contribution in [0, 0.1) is 6.92 Å². The summed E-state index contributed by atoms with van der Waals surface area (Å²) in [6, 6.07) is 0. The molecule has 7 heteroatoms. The number of thiazole rings is 1. The molecular formula is C12H15ClN4OS. The molecule has 0 radical (unpaired) electrons. The van der Waals surface area contributed by atoms with Crippen LogP contribution in [0.3, 0.4) is 0 Å². The Kier molecular flexibility index (Phi) is 3.91. The molecule has 0 aliphatic carbocycles. The third-order valence-corrected chi connectivity index (χ3v) is 3.79. The van der Waals surface area contributed by atoms with Gasteiger partial charge in [0.05, 0.1) is 28.5 Å². The van der Waals surface area contributed by atoms with E-state index in [1.807, 2.05) is 12.3 Å². The van der Waals surface area contributed by atoms with Gasteiger partial charge in [0.2, 0.25) is 5.91 Å². The molecule has 0 fully saturated rings. The van der Waals surface area contributed by atoms with E-state index in [1.165, 1.54) is 6.20 Å². The van der Waals surface area contributed by atoms with Crippen LogP contribution in [0.1, 0.15) is 24.5 Å². The lowest BCUT2D eigenvalue weighted by molar-refractivity contribution is -0.129. The van der Waals surface area contributed by atoms with Crippen LogP contribution in [0.25, 0.3) is 0 Å². The van der Waals surface area contributed by atoms with Gasteiger partial charge < -0.3 is 5.32 Å². The van der Waals surface area contributed by atoms with E-state index in [0.717, 1.165) is 10.7 Å². The molecule has 0 aromatic carbocycles. The van der Waals surface area contributed by atoms with Crippen molar-refractivity contribution in [1.82, 2.24) is 20.1 Å². The maximum atomic E-state index is 12.2. The Morgan fingerprint density at radius 2 is 2.32 bits per heavy atom. The molecule has 0 bridgehead atoms. The van der Waals surface area contributed by atoms with E-state index in [9.17, 15) is 4.79 Å². The van der Waals surface area contributed by atoms with Crippen molar-refractivity contribution in [2.24, 2.45) is 0 Å². The minimum Gasteiger partial charge on any atom is -0.348 e. The molecule has 0 unspecified atom stereocenters. The lowest BCUT2D eigenvalue weighted by atomic mass is 10.1. The molecule has 19 heavy (non-hydrogen) atoms. The van der Waals surface area contributed by atoms with Crippen molar-refractivity contribution in [1.29, 1.82) is 0 Å². The maximum absolute atomic E-state index is 12.2. The van der Waals surface area contributed by atoms with Crippen LogP contribution in [0.2, 0.25) is 5.02 Å². The van der Waals surface area contributed by atoms with Gasteiger partial charge >= 0.3 is 0 Å². The molecule has 1 amide bonds. The van der Waals surface area contributed by atoms with Gasteiger partial charge in [0.15, 0.2) is 0 Å². The zero-order chi connectivity index (χ0) is 14.0. The molecule has 2 aromatic rings. The Morgan fingerprint density at radius 1 is 1.58 bits per heavy atom. The molecule has 5 nitrogen and oxygen atoms in total. The van der Waals surface area contributed by atoms with Gasteiger partial charge in [0.1, 0.15) is 5.54 Å². The quantitative estimate of drug-likeness (QED) is 0.942. The number of rotatable bonds is 4. The average Bonchev–Trinajstić information content (AvgIpc) is 2.95. The highest BCUT2D eigenvalue weighted by Gasteiger charge is 2.30. The lowest BCUT2D eigenvalue weighted by Crippen LogP contribution is -2.44. The van der Waals surface area contributed by atoms with Crippen LogP contribution in [0.4, 0.5) is 0 Å². The molecule has 0 aliphatic rings. The minimum atomic E-state index is -0.793. The summed E-state index contributed by atoms with van der Waals surface area (Å²) in [6.45, 7) is 5.93. The smallest absolute Gasteiger partial charge is 0.247 e. The third-order valence-electron chi connectivity index (χ3n) is 2.78. The summed E-state index contributed by atoms with van der Waals surface area (Å²) in [5, 5.41) is 10.4. The van der Waals surface area contributed by atoms with Crippen molar-refractivity contribution in [3.8, 4) is 0 Å². The van der Waals surface area contributed by atoms with Gasteiger partial charge in [-0.05, 0) is 20.8 Å². The summed E-state index contributed by atoms with van der Waals surface area (Å²) in [5.74, 6) is -0.127. The molecule has 0 saturated carbocycles. The Bertz CT molecular complexity index is 590. The van der Waals surface area contributed by atoms with E-state index in [2.05, 4.69) is 15.4 Å². The van der Waals surface area contributed by atoms with E-state index in [1.54, 1.807) is 36.1 Å². The first-order chi connectivity index (χ1) is 8.89. The fourth-order valence-electron chi connectivity index (χ4n) is 1.59. The van der Waals surface area contributed by atoms with Gasteiger partial charge in [0.25, 0.3) is 0 Å². The number of aromatic nitrogens is 3. The second-order valence-electron chi connectivity index (χ2n) is 4.70. The number of amides is 1. The molecule has 0 spiro atoms. The van der Waals surface area contributed by atoms with Crippen molar-refractivity contribution in [2.75, 3.05) is 0 Å². The van der Waals surface area contributed by atoms with Crippen molar-refractivity contribution < 1.29 is 4.79 Å². The minimum absolute atomic E-state index is 0.127. The van der Waals surface area contributed by atoms with Crippen LogP contribution < -0.4 is 5.32 Å². The fraction of sp³-hybridized carbons (Fsp3) is 0.417. The van der Waals surface area contributed by atoms with Crippen LogP contribution in [0.15, 0.2) is 17.8 Å². The summed E-state index contributed by atoms with van der Waals surface area (Å²) in [6.07, 6.45) is 3.15. The number of nitrogens with one attached hydrogen (secondary N) is 1. The summed E-state index contributed by atoms with van der Waals surface area (Å²) in [4.78, 5) is 16.5. The molecular weight excluding hydrogens is 284 g/mol. The highest BCUT2D eigenvalue weighted by atomic mass is 35.5. The van der Waals surface area contributed by atoms with Gasteiger partial charge in [0, 0.05) is 11.6 Å². The molecule has 2 heterocycles. The number of hydrogen-bond donors (Lipinski definition) is 1. The third kappa shape index (κ3) is 3.13. The van der Waals surface area contributed by atoms with Crippen molar-refractivity contribution in [3.63, 3.8) is 0 Å². The number of aryl methyl sites for hydroxylation is 1. The van der Waals surface area contributed by atoms with Gasteiger partial charge in [-0.15, -0.1) is 11.3 Å². The Morgan fingerprint density at radius 3 is 2.84 bits per heavy atom. The number of nitrogens with zero attached hydrogens (tertiary/aromatic N) is 3. The predicted octanol–water partition coefficient (Wildman–Crippen LogP) is 2.35. The first-order valence-corrected chi connectivity index (χ1v) is 7.05. The van der Waals surface area contributed by atoms with Gasteiger partial charge in [-0.2, -0.15) is 5.10 Å². The topological polar surface area (TPSA) is 59.8 Å². The zero-order valence-corrected chi connectivity index (χ0v) is 12.5. The molecule has 2 rings (SSSR count). The molecule has 0 atom stereocenters. The summed E-state index contributed by atoms with van der Waals surface area (Å²) < 4.78 is 1.55. The standard InChI is InChI=1S/C12H15ClN4OS/c1-8-16-10(7-19-8)5-14-11(18)12(2,3)17-6-9(13)4-15-17/h4,6-7H,5H2,1-3H3,(H,14,18). The molecule has 0 aliphatic heterocycles. The second-order valence-corrected chi connectivity index (χ2v) is 6.20. The maximum Gasteiger partial charge on any atom is 0.247 e. The summed E-state index contributed by atoms with van der Waals surface area (Å²) in [5.41, 5.74) is 0.0724. The van der Waals surface area contributed by atoms with Crippen molar-refractivity contribution >= 4 is 28.8 Å². The van der Waals surface area contributed by atoms with Gasteiger partial charge in [-0.1, -0.05) is 11.6 Å². The summed E-state index contributed by atoms with van der Waals surface area (Å²) in [7, 11) is 0. The van der Waals surface area contributed by atoms with E-state index in [4.69, 9.17) is 11.6 Å². The first-order valence-electron chi connectivity index (χ1n) is 5.79. The SMILES string of the molecule is Cc1nc(CNC(=O)C(C)(C)n2cc(Cl)cn2)cs1. The van der Waals surface area contributed by atoms with Crippen LogP contribution in [-0.2, 0) is 16.9 Å². The first kappa shape index (κ1) is 14.0. The van der Waals surface area contributed by atoms with Crippen molar-refractivity contribution in [2.45, 2.75) is 32.9 Å². The fourth-order valence-corrected chi connectivity index (χ4v) is 2.34.